The average Bonchev–Trinajstić information content (AvgIpc) is 2.30. The van der Waals surface area contributed by atoms with Gasteiger partial charge in [0.25, 0.3) is 10.0 Å². The van der Waals surface area contributed by atoms with Gasteiger partial charge >= 0.3 is 0 Å². The molecular weight excluding hydrogens is 478 g/mol. The van der Waals surface area contributed by atoms with Crippen LogP contribution in [-0.4, -0.2) is 13.4 Å². The molecule has 0 saturated carbocycles. The number of hydrogen-bond donors (Lipinski definition) is 2. The average molecular weight is 486 g/mol. The van der Waals surface area contributed by atoms with Crippen molar-refractivity contribution in [3.8, 4) is 0 Å². The number of rotatable bonds is 3. The Kier molecular flexibility index (Phi) is 4.73. The molecule has 0 aliphatic carbocycles. The molecule has 0 atom stereocenters. The normalized spacial score (nSPS) is 11.3. The third-order valence-corrected chi connectivity index (χ3v) is 5.74. The highest BCUT2D eigenvalue weighted by atomic mass is 79.9. The van der Waals surface area contributed by atoms with Crippen LogP contribution in [0, 0.1) is 0 Å². The summed E-state index contributed by atoms with van der Waals surface area (Å²) in [5, 5.41) is 0. The van der Waals surface area contributed by atoms with Gasteiger partial charge in [-0.15, -0.1) is 0 Å². The Labute approximate surface area is 141 Å². The molecule has 0 aliphatic rings. The smallest absolute Gasteiger partial charge is 0.266 e. The SMILES string of the molecule is Nc1cc(Br)cc(Br)c1S(=O)(=O)Nc1ncccc1Br. The number of aromatic nitrogens is 1. The molecule has 5 nitrogen and oxygen atoms in total. The van der Waals surface area contributed by atoms with E-state index in [-0.39, 0.29) is 16.4 Å². The first-order valence-corrected chi connectivity index (χ1v) is 9.05. The molecule has 9 heteroatoms. The number of nitrogens with two attached hydrogens (primary N) is 1. The number of nitrogens with zero attached hydrogens (tertiary/aromatic N) is 1. The van der Waals surface area contributed by atoms with Crippen molar-refractivity contribution in [1.82, 2.24) is 4.98 Å². The number of sulfonamides is 1. The van der Waals surface area contributed by atoms with Gasteiger partial charge in [0.1, 0.15) is 4.90 Å². The van der Waals surface area contributed by atoms with Gasteiger partial charge < -0.3 is 5.73 Å². The van der Waals surface area contributed by atoms with E-state index in [4.69, 9.17) is 5.73 Å². The zero-order valence-corrected chi connectivity index (χ0v) is 15.3. The van der Waals surface area contributed by atoms with Gasteiger partial charge in [-0.2, -0.15) is 0 Å². The fraction of sp³-hybridized carbons (Fsp3) is 0. The predicted molar refractivity (Wildman–Crippen MR) is 89.0 cm³/mol. The minimum atomic E-state index is -3.85. The minimum absolute atomic E-state index is 0.0294. The van der Waals surface area contributed by atoms with Crippen LogP contribution in [0.15, 0.2) is 48.8 Å². The summed E-state index contributed by atoms with van der Waals surface area (Å²) in [6.45, 7) is 0. The summed E-state index contributed by atoms with van der Waals surface area (Å²) in [7, 11) is -3.85. The molecule has 1 aromatic heterocycles. The van der Waals surface area contributed by atoms with Gasteiger partial charge in [-0.3, -0.25) is 4.72 Å². The first-order chi connectivity index (χ1) is 9.31. The largest absolute Gasteiger partial charge is 0.398 e. The summed E-state index contributed by atoms with van der Waals surface area (Å²) in [4.78, 5) is 3.93. The Balaban J connectivity index is 2.50. The Morgan fingerprint density at radius 1 is 1.15 bits per heavy atom. The van der Waals surface area contributed by atoms with Crippen molar-refractivity contribution in [2.75, 3.05) is 10.5 Å². The fourth-order valence-corrected chi connectivity index (χ4v) is 5.09. The van der Waals surface area contributed by atoms with Crippen LogP contribution in [0.1, 0.15) is 0 Å². The van der Waals surface area contributed by atoms with Crippen LogP contribution in [0.4, 0.5) is 11.5 Å². The summed E-state index contributed by atoms with van der Waals surface area (Å²) in [5.41, 5.74) is 5.92. The molecule has 0 bridgehead atoms. The maximum atomic E-state index is 12.4. The van der Waals surface area contributed by atoms with Gasteiger partial charge in [-0.05, 0) is 56.1 Å². The van der Waals surface area contributed by atoms with Crippen LogP contribution in [0.25, 0.3) is 0 Å². The molecule has 2 aromatic rings. The second kappa shape index (κ2) is 6.00. The standard InChI is InChI=1S/C11H8Br3N3O2S/c12-6-4-8(14)10(9(15)5-6)20(18,19)17-11-7(13)2-1-3-16-11/h1-5H,15H2,(H,16,17). The van der Waals surface area contributed by atoms with E-state index in [0.717, 1.165) is 0 Å². The lowest BCUT2D eigenvalue weighted by Gasteiger charge is -2.12. The monoisotopic (exact) mass is 483 g/mol. The molecule has 0 amide bonds. The lowest BCUT2D eigenvalue weighted by molar-refractivity contribution is 0.601. The van der Waals surface area contributed by atoms with E-state index in [2.05, 4.69) is 57.5 Å². The summed E-state index contributed by atoms with van der Waals surface area (Å²) in [6, 6.07) is 6.50. The molecule has 20 heavy (non-hydrogen) atoms. The molecular formula is C11H8Br3N3O2S. The van der Waals surface area contributed by atoms with E-state index >= 15 is 0 Å². The maximum Gasteiger partial charge on any atom is 0.266 e. The first kappa shape index (κ1) is 15.7. The number of nitrogens with one attached hydrogen (secondary N) is 1. The molecule has 3 N–H and O–H groups in total. The minimum Gasteiger partial charge on any atom is -0.398 e. The predicted octanol–water partition coefficient (Wildman–Crippen LogP) is 3.75. The van der Waals surface area contributed by atoms with Crippen molar-refractivity contribution >= 4 is 69.3 Å². The Bertz CT molecular complexity index is 742. The quantitative estimate of drug-likeness (QED) is 0.648. The van der Waals surface area contributed by atoms with E-state index in [1.807, 2.05) is 0 Å². The van der Waals surface area contributed by atoms with Gasteiger partial charge in [0.15, 0.2) is 5.82 Å². The van der Waals surface area contributed by atoms with E-state index in [9.17, 15) is 8.42 Å². The Morgan fingerprint density at radius 2 is 1.85 bits per heavy atom. The van der Waals surface area contributed by atoms with Gasteiger partial charge in [-0.25, -0.2) is 13.4 Å². The van der Waals surface area contributed by atoms with E-state index in [1.165, 1.54) is 12.3 Å². The van der Waals surface area contributed by atoms with Crippen LogP contribution in [-0.2, 0) is 10.0 Å². The molecule has 1 aromatic carbocycles. The second-order valence-corrected chi connectivity index (χ2v) is 7.99. The molecule has 0 fully saturated rings. The summed E-state index contributed by atoms with van der Waals surface area (Å²) >= 11 is 9.68. The number of anilines is 2. The highest BCUT2D eigenvalue weighted by Gasteiger charge is 2.23. The van der Waals surface area contributed by atoms with Crippen LogP contribution in [0.3, 0.4) is 0 Å². The molecule has 2 rings (SSSR count). The lowest BCUT2D eigenvalue weighted by Crippen LogP contribution is -2.16. The zero-order chi connectivity index (χ0) is 14.9. The first-order valence-electron chi connectivity index (χ1n) is 5.19. The third-order valence-electron chi connectivity index (χ3n) is 2.30. The van der Waals surface area contributed by atoms with E-state index < -0.39 is 10.0 Å². The maximum absolute atomic E-state index is 12.4. The summed E-state index contributed by atoms with van der Waals surface area (Å²) in [6.07, 6.45) is 1.49. The summed E-state index contributed by atoms with van der Waals surface area (Å²) in [5.74, 6) is 0.196. The van der Waals surface area contributed by atoms with Crippen LogP contribution >= 0.6 is 47.8 Å². The van der Waals surface area contributed by atoms with Gasteiger partial charge in [0.05, 0.1) is 10.2 Å². The van der Waals surface area contributed by atoms with Crippen molar-refractivity contribution in [2.45, 2.75) is 4.90 Å². The molecule has 0 aliphatic heterocycles. The number of hydrogen-bond acceptors (Lipinski definition) is 4. The Hall–Kier alpha value is -0.640. The lowest BCUT2D eigenvalue weighted by atomic mass is 10.3. The fourth-order valence-electron chi connectivity index (χ4n) is 1.50. The van der Waals surface area contributed by atoms with Crippen LogP contribution < -0.4 is 10.5 Å². The van der Waals surface area contributed by atoms with E-state index in [1.54, 1.807) is 18.2 Å². The van der Waals surface area contributed by atoms with Crippen LogP contribution in [0.2, 0.25) is 0 Å². The zero-order valence-electron chi connectivity index (χ0n) is 9.77. The van der Waals surface area contributed by atoms with Crippen molar-refractivity contribution < 1.29 is 8.42 Å². The molecule has 0 spiro atoms. The topological polar surface area (TPSA) is 85.1 Å². The second-order valence-electron chi connectivity index (χ2n) is 3.75. The summed E-state index contributed by atoms with van der Waals surface area (Å²) < 4.78 is 28.8. The molecule has 1 heterocycles. The number of pyridine rings is 1. The van der Waals surface area contributed by atoms with Crippen molar-refractivity contribution in [2.24, 2.45) is 0 Å². The third kappa shape index (κ3) is 3.33. The van der Waals surface area contributed by atoms with Crippen molar-refractivity contribution in [3.63, 3.8) is 0 Å². The van der Waals surface area contributed by atoms with Gasteiger partial charge in [0.2, 0.25) is 0 Å². The molecule has 106 valence electrons. The molecule has 0 saturated heterocycles. The number of nitrogen functional groups attached to an aromatic ring is 1. The number of halogens is 3. The van der Waals surface area contributed by atoms with Crippen molar-refractivity contribution in [1.29, 1.82) is 0 Å². The number of benzene rings is 1. The Morgan fingerprint density at radius 3 is 2.45 bits per heavy atom. The van der Waals surface area contributed by atoms with Crippen molar-refractivity contribution in [3.05, 3.63) is 43.9 Å². The van der Waals surface area contributed by atoms with Crippen LogP contribution in [0.5, 0.6) is 0 Å². The molecule has 0 unspecified atom stereocenters. The highest BCUT2D eigenvalue weighted by molar-refractivity contribution is 9.11. The van der Waals surface area contributed by atoms with Gasteiger partial charge in [-0.1, -0.05) is 15.9 Å². The van der Waals surface area contributed by atoms with E-state index in [0.29, 0.717) is 13.4 Å². The molecule has 0 radical (unpaired) electrons. The highest BCUT2D eigenvalue weighted by Crippen LogP contribution is 2.33. The van der Waals surface area contributed by atoms with Gasteiger partial charge in [0, 0.05) is 15.1 Å².